The molecule has 0 aliphatic heterocycles. The monoisotopic (exact) mass is 941 g/mol. The zero-order valence-electron chi connectivity index (χ0n) is 40.1. The molecule has 0 bridgehead atoms. The third-order valence-corrected chi connectivity index (χ3v) is 15.4. The fraction of sp³-hybridized carbons (Fsp3) is 0.0143. The zero-order valence-corrected chi connectivity index (χ0v) is 40.1. The molecule has 0 saturated heterocycles. The van der Waals surface area contributed by atoms with Crippen LogP contribution in [0.4, 0.5) is 0 Å². The average molecular weight is 942 g/mol. The van der Waals surface area contributed by atoms with Gasteiger partial charge in [0.25, 0.3) is 0 Å². The zero-order chi connectivity index (χ0) is 48.7. The number of hydrogen-bond acceptors (Lipinski definition) is 4. The lowest BCUT2D eigenvalue weighted by molar-refractivity contribution is 0.669. The quantitative estimate of drug-likeness (QED) is 0.160. The fourth-order valence-electron chi connectivity index (χ4n) is 12.0. The summed E-state index contributed by atoms with van der Waals surface area (Å²) in [5.74, 6) is 1.78. The maximum Gasteiger partial charge on any atom is 0.164 e. The van der Waals surface area contributed by atoms with Gasteiger partial charge < -0.3 is 4.42 Å². The summed E-state index contributed by atoms with van der Waals surface area (Å²) in [5.41, 5.74) is 23.6. The molecule has 2 aromatic heterocycles. The van der Waals surface area contributed by atoms with Crippen LogP contribution in [0.1, 0.15) is 22.3 Å². The van der Waals surface area contributed by atoms with Crippen molar-refractivity contribution in [3.63, 3.8) is 0 Å². The van der Waals surface area contributed by atoms with Gasteiger partial charge in [0, 0.05) is 27.5 Å². The molecule has 0 N–H and O–H groups in total. The summed E-state index contributed by atoms with van der Waals surface area (Å²) in [5, 5.41) is 1.96. The van der Waals surface area contributed by atoms with Crippen LogP contribution in [0.3, 0.4) is 0 Å². The molecule has 15 rings (SSSR count). The molecule has 1 spiro atoms. The molecule has 0 fully saturated rings. The molecule has 11 aromatic carbocycles. The van der Waals surface area contributed by atoms with E-state index in [1.165, 1.54) is 50.1 Å². The number of rotatable bonds is 7. The molecule has 0 amide bonds. The highest BCUT2D eigenvalue weighted by molar-refractivity contribution is 6.13. The Morgan fingerprint density at radius 3 is 1.20 bits per heavy atom. The maximum absolute atomic E-state index is 6.63. The number of benzene rings is 11. The summed E-state index contributed by atoms with van der Waals surface area (Å²) in [6.07, 6.45) is 0. The van der Waals surface area contributed by atoms with Gasteiger partial charge in [0.1, 0.15) is 11.2 Å². The van der Waals surface area contributed by atoms with Gasteiger partial charge >= 0.3 is 0 Å². The number of furan rings is 1. The lowest BCUT2D eigenvalue weighted by atomic mass is 9.70. The van der Waals surface area contributed by atoms with E-state index in [-0.39, 0.29) is 0 Å². The van der Waals surface area contributed by atoms with E-state index < -0.39 is 5.41 Å². The van der Waals surface area contributed by atoms with E-state index in [4.69, 9.17) is 19.4 Å². The van der Waals surface area contributed by atoms with Gasteiger partial charge in [-0.25, -0.2) is 15.0 Å². The van der Waals surface area contributed by atoms with E-state index in [1.54, 1.807) is 0 Å². The molecule has 2 heterocycles. The van der Waals surface area contributed by atoms with Crippen LogP contribution in [-0.2, 0) is 5.41 Å². The first kappa shape index (κ1) is 42.0. The van der Waals surface area contributed by atoms with Gasteiger partial charge in [0.15, 0.2) is 17.5 Å². The standard InChI is InChI=1S/C70H43N3O/c1-3-15-44(16-4-1)46-29-33-48(34-30-46)67-71-68(49-35-31-47(32-36-49)45-17-5-2-6-18-45)73-69(72-67)58-24-14-28-65-66(58)59-42-52(38-40-64(59)74-65)50-19-13-20-51(41-50)53-37-39-57-56-23-9-12-27-62(56)70(63(57)43-53)60-25-10-7-21-54(60)55-22-8-11-26-61(55)70/h1-43H. The van der Waals surface area contributed by atoms with Gasteiger partial charge in [0.05, 0.1) is 5.41 Å². The van der Waals surface area contributed by atoms with Crippen LogP contribution in [0.2, 0.25) is 0 Å². The van der Waals surface area contributed by atoms with E-state index in [0.29, 0.717) is 17.5 Å². The van der Waals surface area contributed by atoms with E-state index in [2.05, 4.69) is 237 Å². The minimum Gasteiger partial charge on any atom is -0.456 e. The molecule has 0 atom stereocenters. The van der Waals surface area contributed by atoms with Crippen molar-refractivity contribution in [3.8, 4) is 101 Å². The first-order valence-electron chi connectivity index (χ1n) is 25.2. The molecule has 74 heavy (non-hydrogen) atoms. The molecule has 0 saturated carbocycles. The highest BCUT2D eigenvalue weighted by atomic mass is 16.3. The van der Waals surface area contributed by atoms with Crippen LogP contribution in [0.15, 0.2) is 265 Å². The van der Waals surface area contributed by atoms with Crippen molar-refractivity contribution in [1.29, 1.82) is 0 Å². The first-order chi connectivity index (χ1) is 36.7. The number of fused-ring (bicyclic) bond motifs is 13. The van der Waals surface area contributed by atoms with Crippen molar-refractivity contribution in [3.05, 3.63) is 283 Å². The average Bonchev–Trinajstić information content (AvgIpc) is 4.23. The van der Waals surface area contributed by atoms with E-state index >= 15 is 0 Å². The third kappa shape index (κ3) is 6.52. The molecule has 2 aliphatic rings. The second kappa shape index (κ2) is 16.7. The van der Waals surface area contributed by atoms with Gasteiger partial charge in [-0.2, -0.15) is 0 Å². The van der Waals surface area contributed by atoms with Crippen molar-refractivity contribution in [1.82, 2.24) is 15.0 Å². The highest BCUT2D eigenvalue weighted by Gasteiger charge is 2.51. The summed E-state index contributed by atoms with van der Waals surface area (Å²) < 4.78 is 6.63. The van der Waals surface area contributed by atoms with Crippen molar-refractivity contribution >= 4 is 21.9 Å². The Kier molecular flexibility index (Phi) is 9.45. The largest absolute Gasteiger partial charge is 0.456 e. The van der Waals surface area contributed by atoms with Crippen LogP contribution in [0.5, 0.6) is 0 Å². The predicted octanol–water partition coefficient (Wildman–Crippen LogP) is 17.8. The summed E-state index contributed by atoms with van der Waals surface area (Å²) in [6.45, 7) is 0. The summed E-state index contributed by atoms with van der Waals surface area (Å²) in [6, 6.07) is 93.5. The lowest BCUT2D eigenvalue weighted by Gasteiger charge is -2.30. The molecular weight excluding hydrogens is 899 g/mol. The summed E-state index contributed by atoms with van der Waals surface area (Å²) >= 11 is 0. The molecular formula is C70H43N3O. The predicted molar refractivity (Wildman–Crippen MR) is 301 cm³/mol. The van der Waals surface area contributed by atoms with Crippen molar-refractivity contribution in [2.45, 2.75) is 5.41 Å². The Labute approximate surface area is 428 Å². The van der Waals surface area contributed by atoms with Gasteiger partial charge in [-0.3, -0.25) is 0 Å². The highest BCUT2D eigenvalue weighted by Crippen LogP contribution is 2.63. The van der Waals surface area contributed by atoms with Crippen LogP contribution in [0, 0.1) is 0 Å². The normalized spacial score (nSPS) is 12.7. The summed E-state index contributed by atoms with van der Waals surface area (Å²) in [7, 11) is 0. The molecule has 0 radical (unpaired) electrons. The number of aromatic nitrogens is 3. The van der Waals surface area contributed by atoms with Crippen LogP contribution >= 0.6 is 0 Å². The number of hydrogen-bond donors (Lipinski definition) is 0. The van der Waals surface area contributed by atoms with Crippen molar-refractivity contribution in [2.75, 3.05) is 0 Å². The van der Waals surface area contributed by atoms with Crippen LogP contribution in [0.25, 0.3) is 123 Å². The van der Waals surface area contributed by atoms with Gasteiger partial charge in [-0.1, -0.05) is 231 Å². The Morgan fingerprint density at radius 2 is 0.635 bits per heavy atom. The van der Waals surface area contributed by atoms with Crippen molar-refractivity contribution < 1.29 is 4.42 Å². The van der Waals surface area contributed by atoms with Crippen LogP contribution in [-0.4, -0.2) is 15.0 Å². The van der Waals surface area contributed by atoms with Crippen molar-refractivity contribution in [2.24, 2.45) is 0 Å². The number of nitrogens with zero attached hydrogens (tertiary/aromatic N) is 3. The Hall–Kier alpha value is -9.77. The Morgan fingerprint density at radius 1 is 0.243 bits per heavy atom. The van der Waals surface area contributed by atoms with E-state index in [9.17, 15) is 0 Å². The lowest BCUT2D eigenvalue weighted by Crippen LogP contribution is -2.25. The Bertz CT molecular complexity index is 4180. The molecule has 4 heteroatoms. The van der Waals surface area contributed by atoms with Gasteiger partial charge in [-0.05, 0) is 119 Å². The first-order valence-corrected chi connectivity index (χ1v) is 25.2. The SMILES string of the molecule is c1ccc(-c2ccc(-c3nc(-c4ccc(-c5ccccc5)cc4)nc(-c4cccc5oc6ccc(-c7cccc(-c8ccc9c(c8)C8(c%10ccccc%10-c%10ccccc%108)c8ccccc8-9)c7)cc6c45)n3)cc2)cc1. The van der Waals surface area contributed by atoms with E-state index in [1.807, 2.05) is 24.3 Å². The molecule has 0 unspecified atom stereocenters. The topological polar surface area (TPSA) is 51.8 Å². The minimum atomic E-state index is -0.405. The molecule has 4 nitrogen and oxygen atoms in total. The Balaban J connectivity index is 0.843. The second-order valence-electron chi connectivity index (χ2n) is 19.4. The second-order valence-corrected chi connectivity index (χ2v) is 19.4. The maximum atomic E-state index is 6.63. The molecule has 344 valence electrons. The summed E-state index contributed by atoms with van der Waals surface area (Å²) in [4.78, 5) is 15.7. The minimum absolute atomic E-state index is 0.405. The molecule has 13 aromatic rings. The molecule has 2 aliphatic carbocycles. The van der Waals surface area contributed by atoms with Gasteiger partial charge in [-0.15, -0.1) is 0 Å². The smallest absolute Gasteiger partial charge is 0.164 e. The fourth-order valence-corrected chi connectivity index (χ4v) is 12.0. The van der Waals surface area contributed by atoms with E-state index in [0.717, 1.165) is 77.6 Å². The van der Waals surface area contributed by atoms with Crippen LogP contribution < -0.4 is 0 Å². The third-order valence-electron chi connectivity index (χ3n) is 15.4. The van der Waals surface area contributed by atoms with Gasteiger partial charge in [0.2, 0.25) is 0 Å².